The Labute approximate surface area is 203 Å². The number of benzene rings is 1. The van der Waals surface area contributed by atoms with Gasteiger partial charge in [-0.05, 0) is 38.3 Å². The van der Waals surface area contributed by atoms with Crippen LogP contribution in [0.25, 0.3) is 0 Å². The molecule has 7 nitrogen and oxygen atoms in total. The number of amides is 2. The fourth-order valence-electron chi connectivity index (χ4n) is 5.67. The number of likely N-dealkylation sites (tertiary alicyclic amines) is 1. The van der Waals surface area contributed by atoms with E-state index in [0.717, 1.165) is 6.42 Å². The van der Waals surface area contributed by atoms with Crippen molar-refractivity contribution >= 4 is 46.8 Å². The van der Waals surface area contributed by atoms with Crippen molar-refractivity contribution in [1.29, 1.82) is 0 Å². The van der Waals surface area contributed by atoms with Crippen LogP contribution < -0.4 is 4.90 Å². The number of esters is 1. The Kier molecular flexibility index (Phi) is 7.07. The Morgan fingerprint density at radius 1 is 1.42 bits per heavy atom. The molecule has 1 N–H and O–H groups in total. The number of para-hydroxylation sites is 1. The molecule has 0 saturated carbocycles. The molecule has 5 atom stereocenters. The Morgan fingerprint density at radius 3 is 2.85 bits per heavy atom. The molecule has 1 aromatic carbocycles. The highest BCUT2D eigenvalue weighted by molar-refractivity contribution is 8.02. The van der Waals surface area contributed by atoms with E-state index in [4.69, 9.17) is 16.3 Å². The molecule has 0 radical (unpaired) electrons. The third-order valence-electron chi connectivity index (χ3n) is 6.87. The molecule has 9 heteroatoms. The normalized spacial score (nSPS) is 29.8. The molecule has 2 amide bonds. The molecule has 4 rings (SSSR count). The maximum Gasteiger partial charge on any atom is 0.310 e. The Hall–Kier alpha value is -2.03. The molecular weight excluding hydrogens is 464 g/mol. The van der Waals surface area contributed by atoms with Crippen molar-refractivity contribution in [3.05, 3.63) is 41.9 Å². The number of aliphatic hydroxyl groups excluding tert-OH is 1. The SMILES string of the molecule is C=CCN(C(=O)C1N(CCCO)C(=O)[C@@H]2[C@H](C(=O)OCC)[C@@H]3CCC12S3)c1ccccc1Cl. The second-order valence-corrected chi connectivity index (χ2v) is 10.6. The van der Waals surface area contributed by atoms with Gasteiger partial charge in [0.15, 0.2) is 0 Å². The number of aliphatic hydroxyl groups is 1. The molecule has 3 aliphatic heterocycles. The summed E-state index contributed by atoms with van der Waals surface area (Å²) in [5, 5.41) is 9.84. The zero-order chi connectivity index (χ0) is 23.8. The predicted molar refractivity (Wildman–Crippen MR) is 128 cm³/mol. The van der Waals surface area contributed by atoms with Gasteiger partial charge in [-0.15, -0.1) is 18.3 Å². The summed E-state index contributed by atoms with van der Waals surface area (Å²) in [5.41, 5.74) is 0.554. The van der Waals surface area contributed by atoms with Gasteiger partial charge in [-0.2, -0.15) is 0 Å². The lowest BCUT2D eigenvalue weighted by Gasteiger charge is -2.37. The zero-order valence-electron chi connectivity index (χ0n) is 18.6. The molecule has 0 aromatic heterocycles. The van der Waals surface area contributed by atoms with E-state index in [1.165, 1.54) is 0 Å². The van der Waals surface area contributed by atoms with Crippen LogP contribution in [-0.2, 0) is 19.1 Å². The van der Waals surface area contributed by atoms with Gasteiger partial charge in [-0.25, -0.2) is 0 Å². The van der Waals surface area contributed by atoms with Gasteiger partial charge in [0.25, 0.3) is 5.91 Å². The highest BCUT2D eigenvalue weighted by Crippen LogP contribution is 2.66. The van der Waals surface area contributed by atoms with Crippen LogP contribution in [0.4, 0.5) is 5.69 Å². The smallest absolute Gasteiger partial charge is 0.310 e. The van der Waals surface area contributed by atoms with E-state index < -0.39 is 22.6 Å². The molecule has 2 bridgehead atoms. The van der Waals surface area contributed by atoms with E-state index in [2.05, 4.69) is 6.58 Å². The number of halogens is 1. The zero-order valence-corrected chi connectivity index (χ0v) is 20.2. The Morgan fingerprint density at radius 2 is 2.18 bits per heavy atom. The lowest BCUT2D eigenvalue weighted by molar-refractivity contribution is -0.153. The average Bonchev–Trinajstić information content (AvgIpc) is 3.44. The first-order valence-electron chi connectivity index (χ1n) is 11.3. The standard InChI is InChI=1S/C24H29ClN2O5S/c1-3-12-26(16-9-6-5-8-15(16)25)22(30)20-24-11-10-17(33-24)18(23(31)32-4-2)19(24)21(29)27(20)13-7-14-28/h3,5-6,8-9,17-20,28H,1,4,7,10-14H2,2H3/t17-,18+,19-,20?,24?/m0/s1. The van der Waals surface area contributed by atoms with Crippen molar-refractivity contribution < 1.29 is 24.2 Å². The second kappa shape index (κ2) is 9.68. The molecule has 33 heavy (non-hydrogen) atoms. The van der Waals surface area contributed by atoms with E-state index >= 15 is 0 Å². The maximum atomic E-state index is 14.2. The van der Waals surface area contributed by atoms with Gasteiger partial charge in [-0.1, -0.05) is 29.8 Å². The van der Waals surface area contributed by atoms with Crippen LogP contribution in [0.15, 0.2) is 36.9 Å². The van der Waals surface area contributed by atoms with E-state index in [1.54, 1.807) is 52.8 Å². The molecule has 3 aliphatic rings. The summed E-state index contributed by atoms with van der Waals surface area (Å²) in [4.78, 5) is 43.9. The molecule has 3 fully saturated rings. The van der Waals surface area contributed by atoms with Crippen LogP contribution in [0, 0.1) is 11.8 Å². The minimum atomic E-state index is -0.757. The van der Waals surface area contributed by atoms with Crippen LogP contribution in [0.2, 0.25) is 5.02 Å². The lowest BCUT2D eigenvalue weighted by atomic mass is 9.71. The Balaban J connectivity index is 1.77. The fraction of sp³-hybridized carbons (Fsp3) is 0.542. The van der Waals surface area contributed by atoms with Crippen LogP contribution in [0.5, 0.6) is 0 Å². The second-order valence-electron chi connectivity index (χ2n) is 8.61. The van der Waals surface area contributed by atoms with Crippen molar-refractivity contribution in [2.45, 2.75) is 42.2 Å². The van der Waals surface area contributed by atoms with Gasteiger partial charge < -0.3 is 19.6 Å². The predicted octanol–water partition coefficient (Wildman–Crippen LogP) is 2.90. The summed E-state index contributed by atoms with van der Waals surface area (Å²) >= 11 is 8.03. The van der Waals surface area contributed by atoms with E-state index in [9.17, 15) is 19.5 Å². The quantitative estimate of drug-likeness (QED) is 0.421. The molecule has 2 unspecified atom stereocenters. The highest BCUT2D eigenvalue weighted by atomic mass is 35.5. The number of hydrogen-bond donors (Lipinski definition) is 1. The summed E-state index contributed by atoms with van der Waals surface area (Å²) in [6, 6.07) is 6.34. The van der Waals surface area contributed by atoms with Crippen LogP contribution >= 0.6 is 23.4 Å². The van der Waals surface area contributed by atoms with Crippen molar-refractivity contribution in [3.63, 3.8) is 0 Å². The highest BCUT2D eigenvalue weighted by Gasteiger charge is 2.74. The largest absolute Gasteiger partial charge is 0.466 e. The summed E-state index contributed by atoms with van der Waals surface area (Å²) in [7, 11) is 0. The number of anilines is 1. The third kappa shape index (κ3) is 3.86. The molecule has 3 saturated heterocycles. The lowest BCUT2D eigenvalue weighted by Crippen LogP contribution is -2.55. The molecule has 3 heterocycles. The molecule has 178 valence electrons. The van der Waals surface area contributed by atoms with Crippen molar-refractivity contribution in [1.82, 2.24) is 4.90 Å². The molecular formula is C24H29ClN2O5S. The first kappa shape index (κ1) is 24.1. The average molecular weight is 493 g/mol. The van der Waals surface area contributed by atoms with E-state index in [0.29, 0.717) is 23.6 Å². The third-order valence-corrected chi connectivity index (χ3v) is 9.14. The van der Waals surface area contributed by atoms with Crippen molar-refractivity contribution in [3.8, 4) is 0 Å². The van der Waals surface area contributed by atoms with Gasteiger partial charge in [-0.3, -0.25) is 14.4 Å². The van der Waals surface area contributed by atoms with Gasteiger partial charge in [0.05, 0.1) is 33.9 Å². The van der Waals surface area contributed by atoms with Gasteiger partial charge in [0.2, 0.25) is 5.91 Å². The monoisotopic (exact) mass is 492 g/mol. The van der Waals surface area contributed by atoms with Crippen LogP contribution in [0.1, 0.15) is 26.2 Å². The first-order valence-corrected chi connectivity index (χ1v) is 12.6. The number of rotatable bonds is 9. The van der Waals surface area contributed by atoms with Gasteiger partial charge in [0, 0.05) is 24.9 Å². The maximum absolute atomic E-state index is 14.2. The molecule has 1 aromatic rings. The van der Waals surface area contributed by atoms with Crippen LogP contribution in [-0.4, -0.2) is 70.1 Å². The Bertz CT molecular complexity index is 959. The first-order chi connectivity index (χ1) is 15.9. The fourth-order valence-corrected chi connectivity index (χ4v) is 8.11. The number of carbonyl (C=O) groups is 3. The minimum absolute atomic E-state index is 0.0403. The van der Waals surface area contributed by atoms with Gasteiger partial charge >= 0.3 is 5.97 Å². The number of fused-ring (bicyclic) bond motifs is 1. The number of nitrogens with zero attached hydrogens (tertiary/aromatic N) is 2. The molecule has 1 spiro atoms. The van der Waals surface area contributed by atoms with Crippen molar-refractivity contribution in [2.75, 3.05) is 31.2 Å². The van der Waals surface area contributed by atoms with Crippen molar-refractivity contribution in [2.24, 2.45) is 11.8 Å². The minimum Gasteiger partial charge on any atom is -0.466 e. The van der Waals surface area contributed by atoms with Crippen LogP contribution in [0.3, 0.4) is 0 Å². The molecule has 0 aliphatic carbocycles. The van der Waals surface area contributed by atoms with E-state index in [1.807, 2.05) is 6.07 Å². The summed E-state index contributed by atoms with van der Waals surface area (Å²) in [5.74, 6) is -1.97. The van der Waals surface area contributed by atoms with Gasteiger partial charge in [0.1, 0.15) is 6.04 Å². The topological polar surface area (TPSA) is 87.2 Å². The summed E-state index contributed by atoms with van der Waals surface area (Å²) in [6.45, 7) is 6.18. The van der Waals surface area contributed by atoms with E-state index in [-0.39, 0.29) is 49.3 Å². The summed E-state index contributed by atoms with van der Waals surface area (Å²) in [6.07, 6.45) is 3.41. The number of hydrogen-bond acceptors (Lipinski definition) is 6. The summed E-state index contributed by atoms with van der Waals surface area (Å²) < 4.78 is 4.62. The number of carbonyl (C=O) groups excluding carboxylic acids is 3. The number of ether oxygens (including phenoxy) is 1. The number of thioether (sulfide) groups is 1.